The average Bonchev–Trinajstić information content (AvgIpc) is 2.37. The van der Waals surface area contributed by atoms with Gasteiger partial charge in [-0.2, -0.15) is 0 Å². The summed E-state index contributed by atoms with van der Waals surface area (Å²) in [6.07, 6.45) is 8.20. The number of hydrogen-bond acceptors (Lipinski definition) is 2. The third kappa shape index (κ3) is 2.11. The van der Waals surface area contributed by atoms with Crippen LogP contribution in [0.25, 0.3) is 6.08 Å². The van der Waals surface area contributed by atoms with Crippen molar-refractivity contribution in [3.63, 3.8) is 0 Å². The molecule has 0 bridgehead atoms. The molecule has 0 aromatic carbocycles. The zero-order valence-corrected chi connectivity index (χ0v) is 13.8. The van der Waals surface area contributed by atoms with Gasteiger partial charge in [-0.1, -0.05) is 53.2 Å². The second-order valence-electron chi connectivity index (χ2n) is 8.01. The maximum Gasteiger partial charge on any atom is 0.336 e. The Balaban J connectivity index is 2.25. The Labute approximate surface area is 127 Å². The third-order valence-corrected chi connectivity index (χ3v) is 5.67. The Hall–Kier alpha value is -1.31. The van der Waals surface area contributed by atoms with Crippen LogP contribution in [0.1, 0.15) is 76.7 Å². The summed E-state index contributed by atoms with van der Waals surface area (Å²) >= 11 is 0. The Bertz CT molecular complexity index is 648. The van der Waals surface area contributed by atoms with Gasteiger partial charge in [0.05, 0.1) is 0 Å². The normalized spacial score (nSPS) is 30.1. The number of fused-ring (bicyclic) bond motifs is 3. The van der Waals surface area contributed by atoms with Crippen LogP contribution >= 0.6 is 0 Å². The quantitative estimate of drug-likeness (QED) is 0.737. The maximum atomic E-state index is 12.1. The van der Waals surface area contributed by atoms with Crippen molar-refractivity contribution in [1.29, 1.82) is 0 Å². The van der Waals surface area contributed by atoms with E-state index in [1.54, 1.807) is 6.07 Å². The summed E-state index contributed by atoms with van der Waals surface area (Å²) in [5.41, 5.74) is 2.51. The van der Waals surface area contributed by atoms with E-state index in [0.717, 1.165) is 17.7 Å². The van der Waals surface area contributed by atoms with Crippen molar-refractivity contribution < 1.29 is 4.42 Å². The van der Waals surface area contributed by atoms with Crippen LogP contribution in [0.2, 0.25) is 0 Å². The van der Waals surface area contributed by atoms with Crippen LogP contribution in [0.4, 0.5) is 0 Å². The molecule has 0 saturated heterocycles. The molecule has 0 aliphatic heterocycles. The van der Waals surface area contributed by atoms with Crippen molar-refractivity contribution in [2.75, 3.05) is 0 Å². The molecular weight excluding hydrogens is 260 g/mol. The van der Waals surface area contributed by atoms with E-state index in [0.29, 0.717) is 5.92 Å². The van der Waals surface area contributed by atoms with Crippen LogP contribution in [-0.4, -0.2) is 0 Å². The SMILES string of the molecule is CC(C)c1oc(=O)cc2c1C=C[C@H]1C(C)(C)CCC[C@]21C. The van der Waals surface area contributed by atoms with E-state index >= 15 is 0 Å². The largest absolute Gasteiger partial charge is 0.427 e. The highest BCUT2D eigenvalue weighted by molar-refractivity contribution is 5.62. The summed E-state index contributed by atoms with van der Waals surface area (Å²) in [5, 5.41) is 0. The second-order valence-corrected chi connectivity index (χ2v) is 8.01. The van der Waals surface area contributed by atoms with Crippen LogP contribution in [0, 0.1) is 11.3 Å². The fourth-order valence-corrected chi connectivity index (χ4v) is 4.65. The van der Waals surface area contributed by atoms with Crippen molar-refractivity contribution in [1.82, 2.24) is 0 Å². The van der Waals surface area contributed by atoms with E-state index in [-0.39, 0.29) is 22.4 Å². The predicted octanol–water partition coefficient (Wildman–Crippen LogP) is 4.87. The van der Waals surface area contributed by atoms with Gasteiger partial charge in [-0.3, -0.25) is 0 Å². The molecule has 0 radical (unpaired) electrons. The highest BCUT2D eigenvalue weighted by Crippen LogP contribution is 2.56. The van der Waals surface area contributed by atoms with Gasteiger partial charge in [0.1, 0.15) is 5.76 Å². The zero-order chi connectivity index (χ0) is 15.4. The monoisotopic (exact) mass is 286 g/mol. The highest BCUT2D eigenvalue weighted by Gasteiger charge is 2.48. The van der Waals surface area contributed by atoms with E-state index in [4.69, 9.17) is 4.42 Å². The Morgan fingerprint density at radius 2 is 1.95 bits per heavy atom. The topological polar surface area (TPSA) is 30.2 Å². The molecule has 114 valence electrons. The Kier molecular flexibility index (Phi) is 3.20. The lowest BCUT2D eigenvalue weighted by molar-refractivity contribution is 0.0901. The molecule has 2 aliphatic carbocycles. The molecule has 2 atom stereocenters. The summed E-state index contributed by atoms with van der Waals surface area (Å²) in [6, 6.07) is 1.75. The van der Waals surface area contributed by atoms with Gasteiger partial charge in [-0.25, -0.2) is 4.79 Å². The molecule has 1 fully saturated rings. The third-order valence-electron chi connectivity index (χ3n) is 5.67. The van der Waals surface area contributed by atoms with Gasteiger partial charge in [-0.15, -0.1) is 0 Å². The minimum atomic E-state index is -0.198. The van der Waals surface area contributed by atoms with E-state index < -0.39 is 0 Å². The van der Waals surface area contributed by atoms with Gasteiger partial charge in [0.2, 0.25) is 0 Å². The summed E-state index contributed by atoms with van der Waals surface area (Å²) in [6.45, 7) is 11.2. The van der Waals surface area contributed by atoms with Gasteiger partial charge >= 0.3 is 5.63 Å². The van der Waals surface area contributed by atoms with E-state index in [1.807, 2.05) is 0 Å². The lowest BCUT2D eigenvalue weighted by Gasteiger charge is -2.52. The smallest absolute Gasteiger partial charge is 0.336 e. The number of allylic oxidation sites excluding steroid dienone is 1. The first-order chi connectivity index (χ1) is 9.75. The molecule has 21 heavy (non-hydrogen) atoms. The lowest BCUT2D eigenvalue weighted by atomic mass is 9.52. The van der Waals surface area contributed by atoms with Crippen LogP contribution in [0.5, 0.6) is 0 Å². The Morgan fingerprint density at radius 3 is 2.62 bits per heavy atom. The minimum absolute atomic E-state index is 0.0609. The van der Waals surface area contributed by atoms with Crippen molar-refractivity contribution in [2.24, 2.45) is 11.3 Å². The van der Waals surface area contributed by atoms with Gasteiger partial charge in [-0.05, 0) is 29.7 Å². The average molecular weight is 286 g/mol. The molecule has 1 aromatic rings. The van der Waals surface area contributed by atoms with Gasteiger partial charge in [0.25, 0.3) is 0 Å². The molecule has 3 rings (SSSR count). The van der Waals surface area contributed by atoms with E-state index in [9.17, 15) is 4.79 Å². The van der Waals surface area contributed by atoms with Gasteiger partial charge < -0.3 is 4.42 Å². The molecular formula is C19H26O2. The number of rotatable bonds is 1. The molecule has 2 nitrogen and oxygen atoms in total. The Morgan fingerprint density at radius 1 is 1.24 bits per heavy atom. The van der Waals surface area contributed by atoms with Gasteiger partial charge in [0, 0.05) is 23.0 Å². The van der Waals surface area contributed by atoms with Crippen molar-refractivity contribution in [2.45, 2.75) is 65.2 Å². The molecule has 1 saturated carbocycles. The fraction of sp³-hybridized carbons (Fsp3) is 0.632. The second kappa shape index (κ2) is 4.59. The van der Waals surface area contributed by atoms with Crippen molar-refractivity contribution >= 4 is 6.08 Å². The van der Waals surface area contributed by atoms with E-state index in [1.165, 1.54) is 18.4 Å². The molecule has 0 amide bonds. The molecule has 2 heteroatoms. The maximum absolute atomic E-state index is 12.1. The highest BCUT2D eigenvalue weighted by atomic mass is 16.4. The summed E-state index contributed by atoms with van der Waals surface area (Å²) in [4.78, 5) is 12.1. The minimum Gasteiger partial charge on any atom is -0.427 e. The molecule has 0 spiro atoms. The predicted molar refractivity (Wildman–Crippen MR) is 86.6 cm³/mol. The van der Waals surface area contributed by atoms with Crippen LogP contribution in [-0.2, 0) is 5.41 Å². The van der Waals surface area contributed by atoms with E-state index in [2.05, 4.69) is 46.8 Å². The first-order valence-corrected chi connectivity index (χ1v) is 8.12. The van der Waals surface area contributed by atoms with Crippen LogP contribution in [0.15, 0.2) is 21.4 Å². The van der Waals surface area contributed by atoms with Crippen molar-refractivity contribution in [3.8, 4) is 0 Å². The molecule has 2 aliphatic rings. The lowest BCUT2D eigenvalue weighted by Crippen LogP contribution is -2.46. The molecule has 0 unspecified atom stereocenters. The molecule has 0 N–H and O–H groups in total. The zero-order valence-electron chi connectivity index (χ0n) is 13.8. The first kappa shape index (κ1) is 14.6. The standard InChI is InChI=1S/C19H26O2/c1-12(2)17-13-7-8-15-18(3,4)9-6-10-19(15,5)14(13)11-16(20)21-17/h7-8,11-12,15H,6,9-10H2,1-5H3/t15-,19+/m0/s1. The number of hydrogen-bond donors (Lipinski definition) is 0. The summed E-state index contributed by atoms with van der Waals surface area (Å²) in [7, 11) is 0. The molecule has 1 aromatic heterocycles. The summed E-state index contributed by atoms with van der Waals surface area (Å²) < 4.78 is 5.51. The first-order valence-electron chi connectivity index (χ1n) is 8.12. The summed E-state index contributed by atoms with van der Waals surface area (Å²) in [5.74, 6) is 1.57. The molecule has 1 heterocycles. The van der Waals surface area contributed by atoms with Crippen molar-refractivity contribution in [3.05, 3.63) is 39.4 Å². The fourth-order valence-electron chi connectivity index (χ4n) is 4.65. The van der Waals surface area contributed by atoms with Crippen LogP contribution < -0.4 is 5.63 Å². The van der Waals surface area contributed by atoms with Gasteiger partial charge in [0.15, 0.2) is 0 Å². The van der Waals surface area contributed by atoms with Crippen LogP contribution in [0.3, 0.4) is 0 Å².